The predicted octanol–water partition coefficient (Wildman–Crippen LogP) is 2.09. The van der Waals surface area contributed by atoms with Crippen molar-refractivity contribution in [1.29, 1.82) is 0 Å². The Kier molecular flexibility index (Phi) is 4.77. The van der Waals surface area contributed by atoms with Crippen molar-refractivity contribution in [3.05, 3.63) is 36.2 Å². The number of hydrogen-bond donors (Lipinski definition) is 0. The molecule has 1 aromatic carbocycles. The maximum absolute atomic E-state index is 13.6. The highest BCUT2D eigenvalue weighted by Gasteiger charge is 2.55. The number of piperazine rings is 1. The first-order valence-electron chi connectivity index (χ1n) is 12.0. The van der Waals surface area contributed by atoms with Crippen molar-refractivity contribution < 1.29 is 9.59 Å². The van der Waals surface area contributed by atoms with Crippen LogP contribution in [0.5, 0.6) is 0 Å². The first-order valence-corrected chi connectivity index (χ1v) is 12.0. The van der Waals surface area contributed by atoms with Crippen LogP contribution in [0.4, 0.5) is 0 Å². The quantitative estimate of drug-likeness (QED) is 0.736. The highest BCUT2D eigenvalue weighted by atomic mass is 16.2. The first kappa shape index (κ1) is 19.9. The normalized spacial score (nSPS) is 31.2. The third-order valence-corrected chi connectivity index (χ3v) is 8.32. The summed E-state index contributed by atoms with van der Waals surface area (Å²) in [7, 11) is 0. The summed E-state index contributed by atoms with van der Waals surface area (Å²) in [5.74, 6) is 2.85. The Morgan fingerprint density at radius 1 is 0.875 bits per heavy atom. The largest absolute Gasteiger partial charge is 0.339 e. The molecular formula is C24H30N6O2. The van der Waals surface area contributed by atoms with Crippen LogP contribution < -0.4 is 0 Å². The zero-order chi connectivity index (χ0) is 21.7. The first-order chi connectivity index (χ1) is 15.6. The monoisotopic (exact) mass is 434 g/mol. The number of carbonyl (C=O) groups excluding carboxylic acids is 2. The molecule has 1 saturated heterocycles. The molecule has 32 heavy (non-hydrogen) atoms. The molecule has 7 rings (SSSR count). The minimum Gasteiger partial charge on any atom is -0.339 e. The molecule has 5 aliphatic rings. The van der Waals surface area contributed by atoms with E-state index < -0.39 is 0 Å². The fourth-order valence-corrected chi connectivity index (χ4v) is 7.20. The van der Waals surface area contributed by atoms with Crippen LogP contribution in [0, 0.1) is 23.2 Å². The number of benzene rings is 1. The molecule has 5 fully saturated rings. The second-order valence-corrected chi connectivity index (χ2v) is 10.5. The van der Waals surface area contributed by atoms with Crippen LogP contribution in [0.25, 0.3) is 5.69 Å². The van der Waals surface area contributed by atoms with Crippen molar-refractivity contribution >= 4 is 11.8 Å². The lowest BCUT2D eigenvalue weighted by atomic mass is 9.49. The molecule has 0 unspecified atom stereocenters. The van der Waals surface area contributed by atoms with Gasteiger partial charge in [-0.15, -0.1) is 5.10 Å². The summed E-state index contributed by atoms with van der Waals surface area (Å²) in [5, 5.41) is 11.2. The van der Waals surface area contributed by atoms with Crippen LogP contribution in [-0.2, 0) is 16.0 Å². The van der Waals surface area contributed by atoms with Gasteiger partial charge in [0.05, 0.1) is 17.5 Å². The molecule has 0 spiro atoms. The standard InChI is InChI=1S/C24H30N6O2/c31-22(12-17-1-3-21(4-2-17)30-16-25-26-27-30)28-5-7-29(8-6-28)23(32)24-13-18-9-19(14-24)11-20(10-18)15-24/h1-4,16,18-20H,5-15H2. The SMILES string of the molecule is O=C(Cc1ccc(-n2cnnn2)cc1)N1CCN(C(=O)C23CC4CC(CC(C4)C2)C3)CC1. The molecule has 0 radical (unpaired) electrons. The van der Waals surface area contributed by atoms with E-state index in [0.717, 1.165) is 48.3 Å². The molecule has 4 bridgehead atoms. The van der Waals surface area contributed by atoms with Crippen LogP contribution in [0.2, 0.25) is 0 Å². The summed E-state index contributed by atoms with van der Waals surface area (Å²) in [5.41, 5.74) is 1.75. The maximum atomic E-state index is 13.6. The summed E-state index contributed by atoms with van der Waals surface area (Å²) in [4.78, 5) is 30.4. The molecule has 0 atom stereocenters. The van der Waals surface area contributed by atoms with E-state index >= 15 is 0 Å². The second kappa shape index (κ2) is 7.67. The lowest BCUT2D eigenvalue weighted by Gasteiger charge is -2.57. The van der Waals surface area contributed by atoms with E-state index in [-0.39, 0.29) is 11.3 Å². The summed E-state index contributed by atoms with van der Waals surface area (Å²) in [6.07, 6.45) is 9.30. The van der Waals surface area contributed by atoms with E-state index in [2.05, 4.69) is 20.4 Å². The van der Waals surface area contributed by atoms with Crippen LogP contribution in [-0.4, -0.2) is 68.0 Å². The van der Waals surface area contributed by atoms with E-state index in [4.69, 9.17) is 0 Å². The van der Waals surface area contributed by atoms with Crippen molar-refractivity contribution in [1.82, 2.24) is 30.0 Å². The molecular weight excluding hydrogens is 404 g/mol. The minimum atomic E-state index is -0.0811. The van der Waals surface area contributed by atoms with Gasteiger partial charge in [-0.1, -0.05) is 12.1 Å². The van der Waals surface area contributed by atoms with Crippen molar-refractivity contribution in [2.45, 2.75) is 44.9 Å². The third-order valence-electron chi connectivity index (χ3n) is 8.32. The molecule has 2 heterocycles. The van der Waals surface area contributed by atoms with E-state index in [1.54, 1.807) is 11.0 Å². The minimum absolute atomic E-state index is 0.0811. The highest BCUT2D eigenvalue weighted by molar-refractivity contribution is 5.84. The Morgan fingerprint density at radius 3 is 2.03 bits per heavy atom. The number of rotatable bonds is 4. The van der Waals surface area contributed by atoms with E-state index in [0.29, 0.717) is 38.5 Å². The van der Waals surface area contributed by atoms with E-state index in [1.165, 1.54) is 19.3 Å². The molecule has 8 nitrogen and oxygen atoms in total. The third kappa shape index (κ3) is 3.49. The Balaban J connectivity index is 1.04. The van der Waals surface area contributed by atoms with Gasteiger partial charge in [0.25, 0.3) is 0 Å². The zero-order valence-electron chi connectivity index (χ0n) is 18.4. The predicted molar refractivity (Wildman–Crippen MR) is 117 cm³/mol. The smallest absolute Gasteiger partial charge is 0.228 e. The topological polar surface area (TPSA) is 84.2 Å². The lowest BCUT2D eigenvalue weighted by molar-refractivity contribution is -0.160. The van der Waals surface area contributed by atoms with E-state index in [1.807, 2.05) is 29.2 Å². The fourth-order valence-electron chi connectivity index (χ4n) is 7.20. The highest BCUT2D eigenvalue weighted by Crippen LogP contribution is 2.60. The van der Waals surface area contributed by atoms with Gasteiger partial charge in [-0.2, -0.15) is 0 Å². The number of amides is 2. The molecule has 1 aliphatic heterocycles. The summed E-state index contributed by atoms with van der Waals surface area (Å²) in [6.45, 7) is 2.62. The maximum Gasteiger partial charge on any atom is 0.228 e. The van der Waals surface area contributed by atoms with Crippen molar-refractivity contribution in [2.24, 2.45) is 23.2 Å². The molecule has 168 valence electrons. The number of tetrazole rings is 1. The van der Waals surface area contributed by atoms with E-state index in [9.17, 15) is 9.59 Å². The van der Waals surface area contributed by atoms with Crippen molar-refractivity contribution in [3.63, 3.8) is 0 Å². The Morgan fingerprint density at radius 2 is 1.47 bits per heavy atom. The van der Waals surface area contributed by atoms with Gasteiger partial charge in [-0.3, -0.25) is 9.59 Å². The average molecular weight is 435 g/mol. The molecule has 1 aromatic heterocycles. The molecule has 8 heteroatoms. The molecule has 0 N–H and O–H groups in total. The molecule has 4 aliphatic carbocycles. The van der Waals surface area contributed by atoms with Gasteiger partial charge in [0.2, 0.25) is 11.8 Å². The summed E-state index contributed by atoms with van der Waals surface area (Å²) < 4.78 is 1.59. The second-order valence-electron chi connectivity index (χ2n) is 10.5. The Labute approximate surface area is 187 Å². The summed E-state index contributed by atoms with van der Waals surface area (Å²) >= 11 is 0. The van der Waals surface area contributed by atoms with Gasteiger partial charge < -0.3 is 9.80 Å². The van der Waals surface area contributed by atoms with Gasteiger partial charge in [0, 0.05) is 26.2 Å². The van der Waals surface area contributed by atoms with Crippen molar-refractivity contribution in [2.75, 3.05) is 26.2 Å². The van der Waals surface area contributed by atoms with Gasteiger partial charge in [0.1, 0.15) is 6.33 Å². The Bertz CT molecular complexity index is 959. The Hall–Kier alpha value is -2.77. The zero-order valence-corrected chi connectivity index (χ0v) is 18.4. The molecule has 2 amide bonds. The summed E-state index contributed by atoms with van der Waals surface area (Å²) in [6, 6.07) is 7.73. The number of hydrogen-bond acceptors (Lipinski definition) is 5. The average Bonchev–Trinajstić information content (AvgIpc) is 3.33. The molecule has 4 saturated carbocycles. The van der Waals surface area contributed by atoms with Crippen molar-refractivity contribution in [3.8, 4) is 5.69 Å². The number of carbonyl (C=O) groups is 2. The molecule has 2 aromatic rings. The van der Waals surface area contributed by atoms with Crippen LogP contribution >= 0.6 is 0 Å². The lowest BCUT2D eigenvalue weighted by Crippen LogP contribution is -2.58. The number of nitrogens with zero attached hydrogens (tertiary/aromatic N) is 6. The van der Waals surface area contributed by atoms with Gasteiger partial charge in [0.15, 0.2) is 0 Å². The number of aromatic nitrogens is 4. The van der Waals surface area contributed by atoms with Crippen LogP contribution in [0.3, 0.4) is 0 Å². The fraction of sp³-hybridized carbons (Fsp3) is 0.625. The van der Waals surface area contributed by atoms with Crippen LogP contribution in [0.15, 0.2) is 30.6 Å². The van der Waals surface area contributed by atoms with Gasteiger partial charge >= 0.3 is 0 Å². The van der Waals surface area contributed by atoms with Gasteiger partial charge in [-0.05, 0) is 84.4 Å². The van der Waals surface area contributed by atoms with Crippen LogP contribution in [0.1, 0.15) is 44.1 Å². The van der Waals surface area contributed by atoms with Gasteiger partial charge in [-0.25, -0.2) is 4.68 Å².